The van der Waals surface area contributed by atoms with Crippen LogP contribution < -0.4 is 10.8 Å². The van der Waals surface area contributed by atoms with Gasteiger partial charge in [0.1, 0.15) is 41.3 Å². The second-order valence-electron chi connectivity index (χ2n) is 13.4. The molecule has 4 aromatic heterocycles. The monoisotopic (exact) mass is 680 g/mol. The minimum Gasteiger partial charge on any atom is -0.444 e. The SMILES string of the molecule is CC(C)(C)OC(=O)N1C[C@@H](F)C[C@H](Nc2ncc(C(F)(F)F)c(-c3nn(C4CCCCO4)c4nn5c(P(C)(C)=O)cccc5c34)n2)C1. The summed E-state index contributed by atoms with van der Waals surface area (Å²) in [5.41, 5.74) is -1.47. The number of anilines is 1. The Hall–Kier alpha value is -3.78. The van der Waals surface area contributed by atoms with E-state index < -0.39 is 54.7 Å². The molecule has 17 heteroatoms. The normalized spacial score (nSPS) is 21.4. The first-order chi connectivity index (χ1) is 22.0. The van der Waals surface area contributed by atoms with Crippen LogP contribution in [0.1, 0.15) is 58.2 Å². The molecule has 1 N–H and O–H groups in total. The Morgan fingerprint density at radius 1 is 1.11 bits per heavy atom. The number of carbonyl (C=O) groups is 1. The second kappa shape index (κ2) is 12.0. The van der Waals surface area contributed by atoms with E-state index in [0.29, 0.717) is 30.2 Å². The molecule has 6 heterocycles. The number of likely N-dealkylation sites (tertiary alicyclic amines) is 1. The summed E-state index contributed by atoms with van der Waals surface area (Å²) < 4.78 is 85.9. The molecule has 47 heavy (non-hydrogen) atoms. The molecular weight excluding hydrogens is 643 g/mol. The van der Waals surface area contributed by atoms with Crippen LogP contribution in [0.3, 0.4) is 0 Å². The van der Waals surface area contributed by atoms with Crippen molar-refractivity contribution in [1.82, 2.24) is 34.3 Å². The smallest absolute Gasteiger partial charge is 0.420 e. The quantitative estimate of drug-likeness (QED) is 0.203. The van der Waals surface area contributed by atoms with Gasteiger partial charge >= 0.3 is 12.3 Å². The number of pyridine rings is 1. The van der Waals surface area contributed by atoms with E-state index >= 15 is 0 Å². The Labute approximate surface area is 268 Å². The van der Waals surface area contributed by atoms with Crippen molar-refractivity contribution >= 4 is 41.2 Å². The average Bonchev–Trinajstić information content (AvgIpc) is 3.53. The summed E-state index contributed by atoms with van der Waals surface area (Å²) in [4.78, 5) is 22.2. The van der Waals surface area contributed by atoms with Crippen molar-refractivity contribution in [3.05, 3.63) is 30.0 Å². The molecule has 2 saturated heterocycles. The largest absolute Gasteiger partial charge is 0.444 e. The maximum absolute atomic E-state index is 14.8. The second-order valence-corrected chi connectivity index (χ2v) is 16.5. The molecule has 0 spiro atoms. The van der Waals surface area contributed by atoms with E-state index in [-0.39, 0.29) is 42.2 Å². The van der Waals surface area contributed by atoms with Crippen LogP contribution in [0, 0.1) is 0 Å². The summed E-state index contributed by atoms with van der Waals surface area (Å²) in [5, 5.41) is 12.5. The highest BCUT2D eigenvalue weighted by Gasteiger charge is 2.39. The third-order valence-electron chi connectivity index (χ3n) is 7.96. The predicted octanol–water partition coefficient (Wildman–Crippen LogP) is 5.87. The number of aromatic nitrogens is 6. The summed E-state index contributed by atoms with van der Waals surface area (Å²) in [6, 6.07) is 4.31. The van der Waals surface area contributed by atoms with Crippen LogP contribution in [-0.2, 0) is 20.2 Å². The summed E-state index contributed by atoms with van der Waals surface area (Å²) in [6.45, 7) is 8.57. The van der Waals surface area contributed by atoms with Crippen molar-refractivity contribution in [1.29, 1.82) is 0 Å². The lowest BCUT2D eigenvalue weighted by molar-refractivity contribution is -0.137. The molecule has 0 radical (unpaired) electrons. The van der Waals surface area contributed by atoms with Crippen molar-refractivity contribution in [3.8, 4) is 11.4 Å². The van der Waals surface area contributed by atoms with Crippen molar-refractivity contribution in [2.24, 2.45) is 0 Å². The van der Waals surface area contributed by atoms with E-state index in [1.165, 1.54) is 14.1 Å². The van der Waals surface area contributed by atoms with Crippen LogP contribution >= 0.6 is 7.14 Å². The highest BCUT2D eigenvalue weighted by atomic mass is 31.2. The first-order valence-corrected chi connectivity index (χ1v) is 18.0. The van der Waals surface area contributed by atoms with Crippen molar-refractivity contribution in [3.63, 3.8) is 0 Å². The van der Waals surface area contributed by atoms with E-state index in [1.807, 2.05) is 0 Å². The first-order valence-electron chi connectivity index (χ1n) is 15.4. The minimum atomic E-state index is -4.86. The van der Waals surface area contributed by atoms with Crippen LogP contribution in [0.5, 0.6) is 0 Å². The number of piperidine rings is 1. The van der Waals surface area contributed by atoms with Gasteiger partial charge in [0, 0.05) is 31.8 Å². The van der Waals surface area contributed by atoms with Crippen LogP contribution in [0.2, 0.25) is 0 Å². The Kier molecular flexibility index (Phi) is 8.48. The van der Waals surface area contributed by atoms with E-state index in [4.69, 9.17) is 14.6 Å². The maximum Gasteiger partial charge on any atom is 0.420 e. The number of ether oxygens (including phenoxy) is 2. The minimum absolute atomic E-state index is 0.0257. The summed E-state index contributed by atoms with van der Waals surface area (Å²) in [6.07, 6.45) is -4.68. The Bertz CT molecular complexity index is 1860. The molecule has 12 nitrogen and oxygen atoms in total. The number of carbonyl (C=O) groups excluding carboxylic acids is 1. The van der Waals surface area contributed by atoms with Gasteiger partial charge in [0.2, 0.25) is 5.95 Å². The van der Waals surface area contributed by atoms with Crippen LogP contribution in [0.15, 0.2) is 24.4 Å². The Morgan fingerprint density at radius 3 is 2.53 bits per heavy atom. The van der Waals surface area contributed by atoms with Crippen LogP contribution in [-0.4, -0.2) is 91.2 Å². The topological polar surface area (TPSA) is 129 Å². The number of amides is 1. The fourth-order valence-corrected chi connectivity index (χ4v) is 7.02. The molecule has 1 unspecified atom stereocenters. The highest BCUT2D eigenvalue weighted by Crippen LogP contribution is 2.42. The van der Waals surface area contributed by atoms with Gasteiger partial charge in [-0.3, -0.25) is 0 Å². The van der Waals surface area contributed by atoms with Crippen molar-refractivity contribution in [2.75, 3.05) is 38.3 Å². The number of fused-ring (bicyclic) bond motifs is 3. The molecule has 0 bridgehead atoms. The van der Waals surface area contributed by atoms with Gasteiger partial charge in [-0.05, 0) is 65.5 Å². The maximum atomic E-state index is 14.8. The van der Waals surface area contributed by atoms with Gasteiger partial charge in [-0.25, -0.2) is 28.4 Å². The molecule has 2 aliphatic heterocycles. The third kappa shape index (κ3) is 6.80. The van der Waals surface area contributed by atoms with Crippen LogP contribution in [0.4, 0.5) is 28.3 Å². The van der Waals surface area contributed by atoms with Gasteiger partial charge in [-0.2, -0.15) is 18.3 Å². The third-order valence-corrected chi connectivity index (χ3v) is 9.41. The fourth-order valence-electron chi connectivity index (χ4n) is 5.97. The lowest BCUT2D eigenvalue weighted by Gasteiger charge is -2.36. The van der Waals surface area contributed by atoms with Crippen molar-refractivity contribution in [2.45, 2.75) is 76.7 Å². The van der Waals surface area contributed by atoms with Gasteiger partial charge in [-0.15, -0.1) is 5.10 Å². The zero-order valence-electron chi connectivity index (χ0n) is 26.7. The summed E-state index contributed by atoms with van der Waals surface area (Å²) >= 11 is 0. The first kappa shape index (κ1) is 33.1. The molecule has 2 aliphatic rings. The number of nitrogens with one attached hydrogen (secondary N) is 1. The Balaban J connectivity index is 1.47. The molecule has 0 aliphatic carbocycles. The van der Waals surface area contributed by atoms with Gasteiger partial charge < -0.3 is 24.3 Å². The molecule has 1 amide bonds. The molecule has 254 valence electrons. The Morgan fingerprint density at radius 2 is 1.87 bits per heavy atom. The zero-order chi connectivity index (χ0) is 33.9. The molecule has 6 rings (SSSR count). The lowest BCUT2D eigenvalue weighted by atomic mass is 10.0. The van der Waals surface area contributed by atoms with E-state index in [9.17, 15) is 26.9 Å². The van der Waals surface area contributed by atoms with Crippen LogP contribution in [0.25, 0.3) is 27.9 Å². The van der Waals surface area contributed by atoms with E-state index in [1.54, 1.807) is 52.3 Å². The molecular formula is C30H37F4N8O4P. The lowest BCUT2D eigenvalue weighted by Crippen LogP contribution is -2.51. The number of hydrogen-bond donors (Lipinski definition) is 1. The van der Waals surface area contributed by atoms with Gasteiger partial charge in [0.05, 0.1) is 17.4 Å². The summed E-state index contributed by atoms with van der Waals surface area (Å²) in [7, 11) is -2.87. The number of nitrogens with zero attached hydrogens (tertiary/aromatic N) is 7. The molecule has 0 saturated carbocycles. The number of hydrogen-bond acceptors (Lipinski definition) is 9. The molecule has 3 atom stereocenters. The molecule has 2 fully saturated rings. The number of alkyl halides is 4. The molecule has 4 aromatic rings. The van der Waals surface area contributed by atoms with Gasteiger partial charge in [0.15, 0.2) is 11.9 Å². The summed E-state index contributed by atoms with van der Waals surface area (Å²) in [5.74, 6) is -0.198. The standard InChI is InChI=1S/C30H37F4N8O4P/c1-29(2,3)46-28(43)40-15-17(31)13-18(16-40)36-27-35-14-19(30(32,33)34)24(37-27)25-23-20-9-8-11-22(47(4,5)44)41(20)39-26(23)42(38-25)21-10-6-7-12-45-21/h8-9,11,14,17-18,21H,6-7,10,12-13,15-16H2,1-5H3,(H,35,36,37)/t17-,18-,21?/m0/s1. The van der Waals surface area contributed by atoms with Crippen molar-refractivity contribution < 1.29 is 36.4 Å². The number of halogens is 4. The van der Waals surface area contributed by atoms with Gasteiger partial charge in [-0.1, -0.05) is 6.07 Å². The van der Waals surface area contributed by atoms with Gasteiger partial charge in [0.25, 0.3) is 0 Å². The molecule has 0 aromatic carbocycles. The highest BCUT2D eigenvalue weighted by molar-refractivity contribution is 7.69. The average molecular weight is 681 g/mol. The predicted molar refractivity (Wildman–Crippen MR) is 167 cm³/mol. The fraction of sp³-hybridized carbons (Fsp3) is 0.567. The van der Waals surface area contributed by atoms with E-state index in [0.717, 1.165) is 12.8 Å². The zero-order valence-corrected chi connectivity index (χ0v) is 27.6. The van der Waals surface area contributed by atoms with E-state index in [2.05, 4.69) is 20.4 Å². The number of rotatable bonds is 5.